The summed E-state index contributed by atoms with van der Waals surface area (Å²) in [4.78, 5) is 23.7. The Kier molecular flexibility index (Phi) is 7.25. The van der Waals surface area contributed by atoms with Gasteiger partial charge in [0, 0.05) is 13.0 Å². The van der Waals surface area contributed by atoms with Gasteiger partial charge in [-0.3, -0.25) is 9.59 Å². The average molecular weight is 332 g/mol. The second-order valence-electron chi connectivity index (χ2n) is 6.66. The number of aryl methyl sites for hydroxylation is 1. The Balaban J connectivity index is 1.65. The van der Waals surface area contributed by atoms with Gasteiger partial charge in [0.1, 0.15) is 0 Å². The maximum Gasteiger partial charge on any atom is 0.239 e. The van der Waals surface area contributed by atoms with E-state index in [1.54, 1.807) is 0 Å². The highest BCUT2D eigenvalue weighted by molar-refractivity contribution is 5.84. The Morgan fingerprint density at radius 3 is 2.54 bits per heavy atom. The second-order valence-corrected chi connectivity index (χ2v) is 6.66. The van der Waals surface area contributed by atoms with Crippen molar-refractivity contribution in [1.82, 2.24) is 10.6 Å². The molecule has 2 amide bonds. The van der Waals surface area contributed by atoms with E-state index in [2.05, 4.69) is 10.6 Å². The molecule has 5 nitrogen and oxygen atoms in total. The van der Waals surface area contributed by atoms with E-state index in [4.69, 9.17) is 0 Å². The van der Waals surface area contributed by atoms with Crippen LogP contribution in [-0.2, 0) is 9.59 Å². The zero-order valence-electron chi connectivity index (χ0n) is 14.4. The Labute approximate surface area is 143 Å². The third-order valence-corrected chi connectivity index (χ3v) is 4.68. The van der Waals surface area contributed by atoms with Crippen molar-refractivity contribution in [3.05, 3.63) is 35.4 Å². The first kappa shape index (κ1) is 18.5. The first-order valence-corrected chi connectivity index (χ1v) is 8.83. The van der Waals surface area contributed by atoms with Gasteiger partial charge in [0.05, 0.1) is 12.6 Å². The number of aliphatic hydroxyl groups excluding tert-OH is 1. The van der Waals surface area contributed by atoms with Gasteiger partial charge in [-0.15, -0.1) is 0 Å². The number of aliphatic hydroxyl groups is 1. The first-order chi connectivity index (χ1) is 11.6. The lowest BCUT2D eigenvalue weighted by Gasteiger charge is -2.20. The van der Waals surface area contributed by atoms with Crippen LogP contribution in [-0.4, -0.2) is 30.0 Å². The van der Waals surface area contributed by atoms with Crippen LogP contribution in [0, 0.1) is 12.8 Å². The molecule has 5 heteroatoms. The summed E-state index contributed by atoms with van der Waals surface area (Å²) >= 11 is 0. The quantitative estimate of drug-likeness (QED) is 0.716. The molecule has 3 N–H and O–H groups in total. The van der Waals surface area contributed by atoms with E-state index in [-0.39, 0.29) is 24.9 Å². The molecule has 0 aliphatic heterocycles. The van der Waals surface area contributed by atoms with Gasteiger partial charge >= 0.3 is 0 Å². The van der Waals surface area contributed by atoms with E-state index < -0.39 is 6.10 Å². The number of hydrogen-bond acceptors (Lipinski definition) is 3. The lowest BCUT2D eigenvalue weighted by molar-refractivity contribution is -0.127. The molecule has 2 rings (SSSR count). The predicted molar refractivity (Wildman–Crippen MR) is 93.4 cm³/mol. The topological polar surface area (TPSA) is 78.4 Å². The van der Waals surface area contributed by atoms with Gasteiger partial charge in [-0.2, -0.15) is 0 Å². The van der Waals surface area contributed by atoms with Crippen molar-refractivity contribution in [1.29, 1.82) is 0 Å². The minimum absolute atomic E-state index is 0.0357. The molecule has 1 unspecified atom stereocenters. The third-order valence-electron chi connectivity index (χ3n) is 4.68. The monoisotopic (exact) mass is 332 g/mol. The van der Waals surface area contributed by atoms with Gasteiger partial charge in [0.25, 0.3) is 0 Å². The summed E-state index contributed by atoms with van der Waals surface area (Å²) in [5, 5.41) is 15.5. The summed E-state index contributed by atoms with van der Waals surface area (Å²) in [6, 6.07) is 7.54. The van der Waals surface area contributed by atoms with Crippen LogP contribution >= 0.6 is 0 Å². The van der Waals surface area contributed by atoms with Crippen LogP contribution in [0.3, 0.4) is 0 Å². The number of amides is 2. The molecule has 1 saturated carbocycles. The van der Waals surface area contributed by atoms with Gasteiger partial charge in [-0.25, -0.2) is 0 Å². The SMILES string of the molecule is Cc1ccccc1C(O)CNC(=O)CNC(=O)CC1CCCCC1. The fourth-order valence-corrected chi connectivity index (χ4v) is 3.25. The van der Waals surface area contributed by atoms with Crippen LogP contribution in [0.15, 0.2) is 24.3 Å². The van der Waals surface area contributed by atoms with E-state index in [0.29, 0.717) is 12.3 Å². The summed E-state index contributed by atoms with van der Waals surface area (Å²) in [5.74, 6) is 0.126. The normalized spacial score (nSPS) is 16.4. The van der Waals surface area contributed by atoms with Crippen LogP contribution in [0.2, 0.25) is 0 Å². The minimum atomic E-state index is -0.743. The Hall–Kier alpha value is -1.88. The zero-order chi connectivity index (χ0) is 17.4. The highest BCUT2D eigenvalue weighted by Gasteiger charge is 2.17. The molecule has 1 fully saturated rings. The number of carbonyl (C=O) groups excluding carboxylic acids is 2. The summed E-state index contributed by atoms with van der Waals surface area (Å²) in [6.45, 7) is 2.03. The molecule has 0 radical (unpaired) electrons. The van der Waals surface area contributed by atoms with Crippen molar-refractivity contribution >= 4 is 11.8 Å². The number of carbonyl (C=O) groups is 2. The van der Waals surface area contributed by atoms with E-state index >= 15 is 0 Å². The van der Waals surface area contributed by atoms with Crippen molar-refractivity contribution in [2.75, 3.05) is 13.1 Å². The van der Waals surface area contributed by atoms with E-state index in [0.717, 1.165) is 24.0 Å². The summed E-state index contributed by atoms with van der Waals surface area (Å²) in [5.41, 5.74) is 1.79. The molecule has 132 valence electrons. The molecule has 1 atom stereocenters. The smallest absolute Gasteiger partial charge is 0.239 e. The number of hydrogen-bond donors (Lipinski definition) is 3. The maximum atomic E-state index is 11.9. The standard InChI is InChI=1S/C19H28N2O3/c1-14-7-5-6-10-16(14)17(22)12-20-19(24)13-21-18(23)11-15-8-3-2-4-9-15/h5-7,10,15,17,22H,2-4,8-9,11-13H2,1H3,(H,20,24)(H,21,23). The molecule has 1 aliphatic rings. The van der Waals surface area contributed by atoms with Crippen LogP contribution in [0.4, 0.5) is 0 Å². The van der Waals surface area contributed by atoms with Crippen molar-refractivity contribution in [3.8, 4) is 0 Å². The zero-order valence-corrected chi connectivity index (χ0v) is 14.4. The maximum absolute atomic E-state index is 11.9. The molecule has 1 aromatic rings. The fraction of sp³-hybridized carbons (Fsp3) is 0.579. The van der Waals surface area contributed by atoms with Crippen molar-refractivity contribution in [2.24, 2.45) is 5.92 Å². The van der Waals surface area contributed by atoms with E-state index in [1.165, 1.54) is 19.3 Å². The van der Waals surface area contributed by atoms with Gasteiger partial charge < -0.3 is 15.7 Å². The Bertz CT molecular complexity index is 553. The molecule has 24 heavy (non-hydrogen) atoms. The first-order valence-electron chi connectivity index (χ1n) is 8.83. The van der Waals surface area contributed by atoms with Crippen molar-refractivity contribution in [2.45, 2.75) is 51.6 Å². The van der Waals surface area contributed by atoms with Crippen molar-refractivity contribution in [3.63, 3.8) is 0 Å². The minimum Gasteiger partial charge on any atom is -0.387 e. The molecule has 1 aromatic carbocycles. The molecule has 0 aromatic heterocycles. The molecular formula is C19H28N2O3. The highest BCUT2D eigenvalue weighted by atomic mass is 16.3. The van der Waals surface area contributed by atoms with Crippen LogP contribution in [0.1, 0.15) is 55.8 Å². The van der Waals surface area contributed by atoms with Crippen LogP contribution < -0.4 is 10.6 Å². The largest absolute Gasteiger partial charge is 0.387 e. The number of nitrogens with one attached hydrogen (secondary N) is 2. The second kappa shape index (κ2) is 9.42. The molecular weight excluding hydrogens is 304 g/mol. The number of benzene rings is 1. The molecule has 0 saturated heterocycles. The lowest BCUT2D eigenvalue weighted by Crippen LogP contribution is -2.39. The molecule has 0 bridgehead atoms. The lowest BCUT2D eigenvalue weighted by atomic mass is 9.87. The van der Waals surface area contributed by atoms with Crippen LogP contribution in [0.5, 0.6) is 0 Å². The highest BCUT2D eigenvalue weighted by Crippen LogP contribution is 2.25. The van der Waals surface area contributed by atoms with Crippen LogP contribution in [0.25, 0.3) is 0 Å². The predicted octanol–water partition coefficient (Wildman–Crippen LogP) is 2.23. The Morgan fingerprint density at radius 1 is 1.12 bits per heavy atom. The molecule has 0 spiro atoms. The van der Waals surface area contributed by atoms with Gasteiger partial charge in [0.2, 0.25) is 11.8 Å². The molecule has 0 heterocycles. The Morgan fingerprint density at radius 2 is 1.83 bits per heavy atom. The van der Waals surface area contributed by atoms with Gasteiger partial charge in [-0.1, -0.05) is 43.5 Å². The van der Waals surface area contributed by atoms with E-state index in [1.807, 2.05) is 31.2 Å². The summed E-state index contributed by atoms with van der Waals surface area (Å²) in [6.07, 6.45) is 5.67. The van der Waals surface area contributed by atoms with Gasteiger partial charge in [-0.05, 0) is 36.8 Å². The summed E-state index contributed by atoms with van der Waals surface area (Å²) < 4.78 is 0. The fourth-order valence-electron chi connectivity index (χ4n) is 3.25. The van der Waals surface area contributed by atoms with E-state index in [9.17, 15) is 14.7 Å². The van der Waals surface area contributed by atoms with Gasteiger partial charge in [0.15, 0.2) is 0 Å². The molecule has 1 aliphatic carbocycles. The number of rotatable bonds is 7. The average Bonchev–Trinajstić information content (AvgIpc) is 2.59. The summed E-state index contributed by atoms with van der Waals surface area (Å²) in [7, 11) is 0. The van der Waals surface area contributed by atoms with Crippen molar-refractivity contribution < 1.29 is 14.7 Å². The third kappa shape index (κ3) is 5.96.